The second-order valence-electron chi connectivity index (χ2n) is 4.85. The number of hydrogen-bond acceptors (Lipinski definition) is 4. The average Bonchev–Trinajstić information content (AvgIpc) is 2.65. The molecular formula is C13H20FN3O2S. The number of sulfonamides is 1. The second kappa shape index (κ2) is 6.62. The van der Waals surface area contributed by atoms with Gasteiger partial charge in [-0.3, -0.25) is 0 Å². The van der Waals surface area contributed by atoms with Crippen molar-refractivity contribution in [3.8, 4) is 0 Å². The predicted molar refractivity (Wildman–Crippen MR) is 75.3 cm³/mol. The zero-order chi connectivity index (χ0) is 14.6. The van der Waals surface area contributed by atoms with Crippen molar-refractivity contribution in [2.75, 3.05) is 39.3 Å². The fraction of sp³-hybridized carbons (Fsp3) is 0.538. The maximum absolute atomic E-state index is 13.2. The Bertz CT molecular complexity index is 550. The first kappa shape index (κ1) is 15.4. The summed E-state index contributed by atoms with van der Waals surface area (Å²) >= 11 is 0. The maximum atomic E-state index is 13.2. The summed E-state index contributed by atoms with van der Waals surface area (Å²) in [5, 5.41) is 0. The molecule has 20 heavy (non-hydrogen) atoms. The van der Waals surface area contributed by atoms with E-state index in [4.69, 9.17) is 5.73 Å². The zero-order valence-corrected chi connectivity index (χ0v) is 12.2. The highest BCUT2D eigenvalue weighted by Gasteiger charge is 2.26. The van der Waals surface area contributed by atoms with Gasteiger partial charge in [0.2, 0.25) is 10.0 Å². The normalized spacial score (nSPS) is 18.9. The number of nitrogens with zero attached hydrogens (tertiary/aromatic N) is 2. The summed E-state index contributed by atoms with van der Waals surface area (Å²) < 4.78 is 39.6. The third kappa shape index (κ3) is 3.54. The van der Waals surface area contributed by atoms with Gasteiger partial charge in [0.1, 0.15) is 5.82 Å². The molecule has 0 amide bonds. The average molecular weight is 301 g/mol. The Labute approximate surface area is 119 Å². The molecule has 0 aromatic heterocycles. The van der Waals surface area contributed by atoms with Crippen LogP contribution < -0.4 is 5.73 Å². The third-order valence-electron chi connectivity index (χ3n) is 3.43. The first-order chi connectivity index (χ1) is 9.54. The molecule has 1 aromatic carbocycles. The molecule has 0 spiro atoms. The minimum Gasteiger partial charge on any atom is -0.329 e. The molecule has 7 heteroatoms. The Hall–Kier alpha value is -1.02. The van der Waals surface area contributed by atoms with Crippen LogP contribution in [0, 0.1) is 5.82 Å². The number of rotatable bonds is 4. The lowest BCUT2D eigenvalue weighted by Crippen LogP contribution is -2.36. The van der Waals surface area contributed by atoms with Gasteiger partial charge in [0.05, 0.1) is 4.90 Å². The molecule has 1 heterocycles. The summed E-state index contributed by atoms with van der Waals surface area (Å²) in [7, 11) is -3.61. The number of nitrogens with two attached hydrogens (primary N) is 1. The molecule has 5 nitrogen and oxygen atoms in total. The lowest BCUT2D eigenvalue weighted by atomic mass is 10.4. The van der Waals surface area contributed by atoms with Crippen molar-refractivity contribution < 1.29 is 12.8 Å². The zero-order valence-electron chi connectivity index (χ0n) is 11.3. The predicted octanol–water partition coefficient (Wildman–Crippen LogP) is 0.481. The Balaban J connectivity index is 2.14. The van der Waals surface area contributed by atoms with Crippen molar-refractivity contribution in [2.45, 2.75) is 11.3 Å². The number of benzene rings is 1. The van der Waals surface area contributed by atoms with E-state index in [-0.39, 0.29) is 4.90 Å². The van der Waals surface area contributed by atoms with Gasteiger partial charge in [-0.2, -0.15) is 4.31 Å². The van der Waals surface area contributed by atoms with E-state index >= 15 is 0 Å². The van der Waals surface area contributed by atoms with Crippen molar-refractivity contribution in [3.63, 3.8) is 0 Å². The number of halogens is 1. The van der Waals surface area contributed by atoms with Crippen molar-refractivity contribution in [1.29, 1.82) is 0 Å². The van der Waals surface area contributed by atoms with Crippen molar-refractivity contribution >= 4 is 10.0 Å². The highest BCUT2D eigenvalue weighted by atomic mass is 32.2. The Kier molecular flexibility index (Phi) is 5.09. The molecule has 1 saturated heterocycles. The van der Waals surface area contributed by atoms with Crippen LogP contribution in [0.2, 0.25) is 0 Å². The summed E-state index contributed by atoms with van der Waals surface area (Å²) in [6.45, 7) is 3.71. The van der Waals surface area contributed by atoms with Gasteiger partial charge in [-0.15, -0.1) is 0 Å². The largest absolute Gasteiger partial charge is 0.329 e. The lowest BCUT2D eigenvalue weighted by Gasteiger charge is -2.21. The van der Waals surface area contributed by atoms with Crippen LogP contribution in [0.3, 0.4) is 0 Å². The van der Waals surface area contributed by atoms with Crippen LogP contribution in [-0.2, 0) is 10.0 Å². The smallest absolute Gasteiger partial charge is 0.243 e. The molecule has 0 unspecified atom stereocenters. The van der Waals surface area contributed by atoms with E-state index in [1.165, 1.54) is 22.5 Å². The molecule has 1 fully saturated rings. The fourth-order valence-corrected chi connectivity index (χ4v) is 3.87. The topological polar surface area (TPSA) is 66.6 Å². The molecular weight excluding hydrogens is 281 g/mol. The molecule has 0 atom stereocenters. The van der Waals surface area contributed by atoms with E-state index in [9.17, 15) is 12.8 Å². The van der Waals surface area contributed by atoms with Crippen LogP contribution in [0.5, 0.6) is 0 Å². The van der Waals surface area contributed by atoms with Crippen LogP contribution >= 0.6 is 0 Å². The van der Waals surface area contributed by atoms with Crippen LogP contribution in [0.25, 0.3) is 0 Å². The molecule has 0 bridgehead atoms. The van der Waals surface area contributed by atoms with E-state index in [1.807, 2.05) is 0 Å². The van der Waals surface area contributed by atoms with Gasteiger partial charge in [-0.1, -0.05) is 6.07 Å². The van der Waals surface area contributed by atoms with Gasteiger partial charge in [0, 0.05) is 32.7 Å². The Morgan fingerprint density at radius 3 is 2.70 bits per heavy atom. The lowest BCUT2D eigenvalue weighted by molar-refractivity contribution is 0.294. The quantitative estimate of drug-likeness (QED) is 0.878. The van der Waals surface area contributed by atoms with Crippen molar-refractivity contribution in [1.82, 2.24) is 9.21 Å². The molecule has 112 valence electrons. The first-order valence-corrected chi connectivity index (χ1v) is 8.16. The maximum Gasteiger partial charge on any atom is 0.243 e. The highest BCUT2D eigenvalue weighted by molar-refractivity contribution is 7.89. The van der Waals surface area contributed by atoms with Gasteiger partial charge >= 0.3 is 0 Å². The van der Waals surface area contributed by atoms with Crippen molar-refractivity contribution in [3.05, 3.63) is 30.1 Å². The van der Waals surface area contributed by atoms with Crippen LogP contribution in [0.1, 0.15) is 6.42 Å². The van der Waals surface area contributed by atoms with Crippen LogP contribution in [0.4, 0.5) is 4.39 Å². The van der Waals surface area contributed by atoms with E-state index < -0.39 is 15.8 Å². The van der Waals surface area contributed by atoms with Gasteiger partial charge in [-0.25, -0.2) is 12.8 Å². The summed E-state index contributed by atoms with van der Waals surface area (Å²) in [5.74, 6) is -0.536. The molecule has 2 N–H and O–H groups in total. The van der Waals surface area contributed by atoms with Crippen LogP contribution in [-0.4, -0.2) is 56.9 Å². The minimum absolute atomic E-state index is 0.0183. The molecule has 1 aliphatic rings. The van der Waals surface area contributed by atoms with E-state index in [0.29, 0.717) is 26.2 Å². The molecule has 0 radical (unpaired) electrons. The van der Waals surface area contributed by atoms with Crippen molar-refractivity contribution in [2.24, 2.45) is 5.73 Å². The van der Waals surface area contributed by atoms with E-state index in [0.717, 1.165) is 25.6 Å². The third-order valence-corrected chi connectivity index (χ3v) is 5.32. The molecule has 1 aromatic rings. The van der Waals surface area contributed by atoms with Gasteiger partial charge < -0.3 is 10.6 Å². The van der Waals surface area contributed by atoms with E-state index in [1.54, 1.807) is 0 Å². The van der Waals surface area contributed by atoms with Gasteiger partial charge in [-0.05, 0) is 31.2 Å². The molecule has 0 saturated carbocycles. The van der Waals surface area contributed by atoms with Crippen LogP contribution in [0.15, 0.2) is 29.2 Å². The number of hydrogen-bond donors (Lipinski definition) is 1. The van der Waals surface area contributed by atoms with E-state index in [2.05, 4.69) is 4.90 Å². The molecule has 0 aliphatic carbocycles. The molecule has 2 rings (SSSR count). The summed E-state index contributed by atoms with van der Waals surface area (Å²) in [5.41, 5.74) is 5.52. The summed E-state index contributed by atoms with van der Waals surface area (Å²) in [6, 6.07) is 5.16. The Morgan fingerprint density at radius 1 is 1.20 bits per heavy atom. The first-order valence-electron chi connectivity index (χ1n) is 6.72. The van der Waals surface area contributed by atoms with Gasteiger partial charge in [0.15, 0.2) is 0 Å². The molecule has 1 aliphatic heterocycles. The standard InChI is InChI=1S/C13H20FN3O2S/c14-12-3-1-4-13(11-12)20(18,19)17-7-2-6-16(8-5-15)9-10-17/h1,3-4,11H,2,5-10,15H2. The second-order valence-corrected chi connectivity index (χ2v) is 6.78. The summed E-state index contributed by atoms with van der Waals surface area (Å²) in [4.78, 5) is 2.17. The fourth-order valence-electron chi connectivity index (χ4n) is 2.37. The summed E-state index contributed by atoms with van der Waals surface area (Å²) in [6.07, 6.45) is 0.758. The Morgan fingerprint density at radius 2 is 2.00 bits per heavy atom. The monoisotopic (exact) mass is 301 g/mol. The highest BCUT2D eigenvalue weighted by Crippen LogP contribution is 2.18. The SMILES string of the molecule is NCCN1CCCN(S(=O)(=O)c2cccc(F)c2)CC1. The van der Waals surface area contributed by atoms with Gasteiger partial charge in [0.25, 0.3) is 0 Å². The minimum atomic E-state index is -3.61.